The van der Waals surface area contributed by atoms with Gasteiger partial charge in [-0.15, -0.1) is 24.8 Å². The number of rotatable bonds is 11. The number of nitrogens with two attached hydrogens (primary N) is 1. The Bertz CT molecular complexity index is 229. The van der Waals surface area contributed by atoms with Crippen LogP contribution in [0.4, 0.5) is 0 Å². The summed E-state index contributed by atoms with van der Waals surface area (Å²) >= 11 is 0. The normalized spacial score (nSPS) is 9.11. The third-order valence-electron chi connectivity index (χ3n) is 2.50. The van der Waals surface area contributed by atoms with Crippen molar-refractivity contribution in [1.29, 1.82) is 0 Å². The van der Waals surface area contributed by atoms with E-state index in [1.165, 1.54) is 0 Å². The van der Waals surface area contributed by atoms with Crippen LogP contribution in [0.3, 0.4) is 0 Å². The van der Waals surface area contributed by atoms with Gasteiger partial charge in [-0.05, 0) is 32.2 Å². The topological polar surface area (TPSA) is 92.4 Å². The summed E-state index contributed by atoms with van der Waals surface area (Å²) in [7, 11) is 0. The van der Waals surface area contributed by atoms with E-state index in [4.69, 9.17) is 10.8 Å². The van der Waals surface area contributed by atoms with E-state index >= 15 is 0 Å². The number of amides is 1. The number of carbonyl (C=O) groups excluding carboxylic acids is 1. The lowest BCUT2D eigenvalue weighted by Crippen LogP contribution is -2.24. The first-order valence-electron chi connectivity index (χ1n) is 6.35. The number of carboxylic acid groups (broad SMARTS) is 1. The molecule has 0 aliphatic rings. The summed E-state index contributed by atoms with van der Waals surface area (Å²) in [5, 5.41) is 11.3. The first-order valence-corrected chi connectivity index (χ1v) is 6.35. The zero-order valence-electron chi connectivity index (χ0n) is 11.2. The average Bonchev–Trinajstić information content (AvgIpc) is 2.29. The van der Waals surface area contributed by atoms with Crippen molar-refractivity contribution in [3.8, 4) is 0 Å². The van der Waals surface area contributed by atoms with E-state index in [9.17, 15) is 9.59 Å². The molecular weight excluding hydrogens is 291 g/mol. The number of unbranched alkanes of at least 4 members (excludes halogenated alkanes) is 4. The third kappa shape index (κ3) is 20.0. The molecule has 0 saturated heterocycles. The molecule has 0 aliphatic carbocycles. The summed E-state index contributed by atoms with van der Waals surface area (Å²) in [6.45, 7) is 1.33. The van der Waals surface area contributed by atoms with E-state index in [0.717, 1.165) is 32.1 Å². The number of hydrogen-bond acceptors (Lipinski definition) is 3. The lowest BCUT2D eigenvalue weighted by molar-refractivity contribution is -0.137. The van der Waals surface area contributed by atoms with E-state index in [-0.39, 0.29) is 37.1 Å². The van der Waals surface area contributed by atoms with Crippen LogP contribution in [0.1, 0.15) is 51.4 Å². The van der Waals surface area contributed by atoms with E-state index in [2.05, 4.69) is 5.32 Å². The van der Waals surface area contributed by atoms with E-state index in [0.29, 0.717) is 25.9 Å². The molecule has 0 rings (SSSR count). The Hall–Kier alpha value is -0.520. The molecule has 0 fully saturated rings. The molecule has 0 saturated carbocycles. The van der Waals surface area contributed by atoms with Crippen molar-refractivity contribution in [3.63, 3.8) is 0 Å². The van der Waals surface area contributed by atoms with Gasteiger partial charge < -0.3 is 16.2 Å². The van der Waals surface area contributed by atoms with Crippen LogP contribution in [-0.4, -0.2) is 30.1 Å². The first kappa shape index (κ1) is 23.6. The first-order chi connectivity index (χ1) is 8.16. The molecule has 19 heavy (non-hydrogen) atoms. The van der Waals surface area contributed by atoms with Gasteiger partial charge in [0.15, 0.2) is 0 Å². The molecule has 0 spiro atoms. The van der Waals surface area contributed by atoms with Crippen LogP contribution in [0.15, 0.2) is 0 Å². The lowest BCUT2D eigenvalue weighted by Gasteiger charge is -2.04. The molecular formula is C12H26Cl2N2O3. The third-order valence-corrected chi connectivity index (χ3v) is 2.50. The fourth-order valence-corrected chi connectivity index (χ4v) is 1.50. The molecule has 0 heterocycles. The summed E-state index contributed by atoms with van der Waals surface area (Å²) in [6.07, 6.45) is 6.03. The molecule has 1 amide bonds. The largest absolute Gasteiger partial charge is 0.481 e. The number of carboxylic acids is 1. The van der Waals surface area contributed by atoms with Crippen molar-refractivity contribution in [3.05, 3.63) is 0 Å². The van der Waals surface area contributed by atoms with Gasteiger partial charge in [0.05, 0.1) is 0 Å². The van der Waals surface area contributed by atoms with Crippen molar-refractivity contribution >= 4 is 36.7 Å². The van der Waals surface area contributed by atoms with Gasteiger partial charge in [0.2, 0.25) is 5.91 Å². The van der Waals surface area contributed by atoms with Gasteiger partial charge in [-0.25, -0.2) is 0 Å². The fraction of sp³-hybridized carbons (Fsp3) is 0.833. The Balaban J connectivity index is -0.00000128. The molecule has 5 nitrogen and oxygen atoms in total. The van der Waals surface area contributed by atoms with Crippen molar-refractivity contribution in [2.75, 3.05) is 13.1 Å². The molecule has 116 valence electrons. The molecule has 0 radical (unpaired) electrons. The van der Waals surface area contributed by atoms with E-state index in [1.54, 1.807) is 0 Å². The molecule has 0 aromatic carbocycles. The minimum Gasteiger partial charge on any atom is -0.481 e. The van der Waals surface area contributed by atoms with Crippen molar-refractivity contribution in [2.24, 2.45) is 5.73 Å². The highest BCUT2D eigenvalue weighted by atomic mass is 35.5. The number of carbonyl (C=O) groups is 2. The Kier molecular flexibility index (Phi) is 21.7. The van der Waals surface area contributed by atoms with E-state index in [1.807, 2.05) is 0 Å². The van der Waals surface area contributed by atoms with Crippen LogP contribution >= 0.6 is 24.8 Å². The smallest absolute Gasteiger partial charge is 0.303 e. The molecule has 0 aromatic rings. The average molecular weight is 317 g/mol. The Morgan fingerprint density at radius 3 is 2.05 bits per heavy atom. The predicted octanol–water partition coefficient (Wildman–Crippen LogP) is 2.11. The molecule has 7 heteroatoms. The lowest BCUT2D eigenvalue weighted by atomic mass is 10.1. The molecule has 0 atom stereocenters. The van der Waals surface area contributed by atoms with Crippen molar-refractivity contribution in [1.82, 2.24) is 5.32 Å². The summed E-state index contributed by atoms with van der Waals surface area (Å²) in [6, 6.07) is 0. The van der Waals surface area contributed by atoms with Gasteiger partial charge in [-0.1, -0.05) is 12.8 Å². The zero-order chi connectivity index (χ0) is 12.9. The maximum absolute atomic E-state index is 11.3. The minimum atomic E-state index is -0.756. The Morgan fingerprint density at radius 2 is 1.47 bits per heavy atom. The highest BCUT2D eigenvalue weighted by Gasteiger charge is 2.00. The van der Waals surface area contributed by atoms with Crippen molar-refractivity contribution in [2.45, 2.75) is 51.4 Å². The van der Waals surface area contributed by atoms with Gasteiger partial charge in [0.1, 0.15) is 0 Å². The van der Waals surface area contributed by atoms with Gasteiger partial charge >= 0.3 is 5.97 Å². The Morgan fingerprint density at radius 1 is 0.895 bits per heavy atom. The van der Waals surface area contributed by atoms with Crippen LogP contribution in [-0.2, 0) is 9.59 Å². The molecule has 0 unspecified atom stereocenters. The number of aliphatic carboxylic acids is 1. The van der Waals surface area contributed by atoms with Gasteiger partial charge in [0.25, 0.3) is 0 Å². The molecule has 4 N–H and O–H groups in total. The van der Waals surface area contributed by atoms with Gasteiger partial charge in [0, 0.05) is 19.4 Å². The number of nitrogens with one attached hydrogen (secondary N) is 1. The highest BCUT2D eigenvalue weighted by molar-refractivity contribution is 5.85. The van der Waals surface area contributed by atoms with Crippen LogP contribution in [0.2, 0.25) is 0 Å². The van der Waals surface area contributed by atoms with Crippen LogP contribution < -0.4 is 11.1 Å². The maximum atomic E-state index is 11.3. The van der Waals surface area contributed by atoms with Gasteiger partial charge in [-0.2, -0.15) is 0 Å². The summed E-state index contributed by atoms with van der Waals surface area (Å²) in [4.78, 5) is 21.5. The molecule has 0 bridgehead atoms. The molecule has 0 aromatic heterocycles. The van der Waals surface area contributed by atoms with E-state index < -0.39 is 5.97 Å². The monoisotopic (exact) mass is 316 g/mol. The summed E-state index contributed by atoms with van der Waals surface area (Å²) < 4.78 is 0. The highest BCUT2D eigenvalue weighted by Crippen LogP contribution is 2.00. The second-order valence-electron chi connectivity index (χ2n) is 4.15. The summed E-state index contributed by atoms with van der Waals surface area (Å²) in [5.41, 5.74) is 5.35. The standard InChI is InChI=1S/C12H24N2O3.2ClH/c13-9-5-1-3-7-11(15)14-10-6-2-4-8-12(16)17;;/h1-10,13H2,(H,14,15)(H,16,17);2*1H. The number of halogens is 2. The van der Waals surface area contributed by atoms with Gasteiger partial charge in [-0.3, -0.25) is 9.59 Å². The SMILES string of the molecule is Cl.Cl.NCCCCCC(=O)NCCCCCC(=O)O. The predicted molar refractivity (Wildman–Crippen MR) is 81.1 cm³/mol. The van der Waals surface area contributed by atoms with Crippen LogP contribution in [0, 0.1) is 0 Å². The second-order valence-corrected chi connectivity index (χ2v) is 4.15. The quantitative estimate of drug-likeness (QED) is 0.509. The van der Waals surface area contributed by atoms with Crippen LogP contribution in [0.25, 0.3) is 0 Å². The zero-order valence-corrected chi connectivity index (χ0v) is 12.9. The fourth-order valence-electron chi connectivity index (χ4n) is 1.50. The van der Waals surface area contributed by atoms with Crippen LogP contribution in [0.5, 0.6) is 0 Å². The minimum absolute atomic E-state index is 0. The Labute approximate surface area is 127 Å². The maximum Gasteiger partial charge on any atom is 0.303 e. The second kappa shape index (κ2) is 17.5. The van der Waals surface area contributed by atoms with Crippen molar-refractivity contribution < 1.29 is 14.7 Å². The molecule has 0 aliphatic heterocycles. The number of hydrogen-bond donors (Lipinski definition) is 3. The summed E-state index contributed by atoms with van der Waals surface area (Å²) in [5.74, 6) is -0.672.